The van der Waals surface area contributed by atoms with Crippen molar-refractivity contribution in [1.82, 2.24) is 0 Å². The minimum absolute atomic E-state index is 0.429. The van der Waals surface area contributed by atoms with Gasteiger partial charge < -0.3 is 0 Å². The van der Waals surface area contributed by atoms with Crippen molar-refractivity contribution < 1.29 is 0 Å². The Morgan fingerprint density at radius 3 is 1.47 bits per heavy atom. The first-order valence-electron chi connectivity index (χ1n) is 6.43. The van der Waals surface area contributed by atoms with Gasteiger partial charge in [0.1, 0.15) is 0 Å². The summed E-state index contributed by atoms with van der Waals surface area (Å²) in [6.45, 7) is 8.74. The van der Waals surface area contributed by atoms with E-state index < -0.39 is 0 Å². The standard InChI is InChI=1S/C13H26N2/c1-5-9-12(7-3)14-11-15-13(8-4)10-6-2/h12-13H,5-10H2,1-4H3. The smallest absolute Gasteiger partial charge is 0.0898 e. The van der Waals surface area contributed by atoms with Crippen LogP contribution in [0, 0.1) is 0 Å². The largest absolute Gasteiger partial charge is 0.222 e. The zero-order chi connectivity index (χ0) is 11.5. The fraction of sp³-hybridized carbons (Fsp3) is 0.923. The molecular weight excluding hydrogens is 184 g/mol. The minimum atomic E-state index is 0.429. The fourth-order valence-electron chi connectivity index (χ4n) is 1.58. The third-order valence-corrected chi connectivity index (χ3v) is 2.67. The molecule has 2 nitrogen and oxygen atoms in total. The van der Waals surface area contributed by atoms with E-state index in [1.807, 2.05) is 0 Å². The summed E-state index contributed by atoms with van der Waals surface area (Å²) in [5.74, 6) is 0. The highest BCUT2D eigenvalue weighted by Gasteiger charge is 2.01. The predicted molar refractivity (Wildman–Crippen MR) is 67.8 cm³/mol. The summed E-state index contributed by atoms with van der Waals surface area (Å²) in [5.41, 5.74) is 0. The molecule has 2 unspecified atom stereocenters. The Bertz CT molecular complexity index is 175. The van der Waals surface area contributed by atoms with E-state index in [1.54, 1.807) is 0 Å². The van der Waals surface area contributed by atoms with Crippen LogP contribution in [0.4, 0.5) is 0 Å². The van der Waals surface area contributed by atoms with Crippen LogP contribution in [-0.2, 0) is 0 Å². The maximum Gasteiger partial charge on any atom is 0.0898 e. The molecule has 2 atom stereocenters. The molecule has 0 saturated heterocycles. The van der Waals surface area contributed by atoms with E-state index in [9.17, 15) is 0 Å². The average Bonchev–Trinajstić information content (AvgIpc) is 2.26. The Morgan fingerprint density at radius 2 is 1.20 bits per heavy atom. The van der Waals surface area contributed by atoms with E-state index in [-0.39, 0.29) is 0 Å². The van der Waals surface area contributed by atoms with Crippen molar-refractivity contribution in [3.8, 4) is 0 Å². The summed E-state index contributed by atoms with van der Waals surface area (Å²) in [6, 6.07) is 3.76. The molecular formula is C13H26N2. The lowest BCUT2D eigenvalue weighted by atomic mass is 10.1. The third kappa shape index (κ3) is 7.33. The van der Waals surface area contributed by atoms with Crippen molar-refractivity contribution in [2.24, 2.45) is 9.98 Å². The maximum atomic E-state index is 4.39. The first-order chi connectivity index (χ1) is 7.28. The van der Waals surface area contributed by atoms with E-state index in [0.29, 0.717) is 12.1 Å². The molecule has 0 aliphatic rings. The molecule has 88 valence electrons. The van der Waals surface area contributed by atoms with Gasteiger partial charge in [0.2, 0.25) is 0 Å². The van der Waals surface area contributed by atoms with Crippen LogP contribution in [0.5, 0.6) is 0 Å². The highest BCUT2D eigenvalue weighted by Crippen LogP contribution is 2.06. The summed E-state index contributed by atoms with van der Waals surface area (Å²) in [5, 5.41) is 0. The summed E-state index contributed by atoms with van der Waals surface area (Å²) in [6.07, 6.45) is 6.89. The quantitative estimate of drug-likeness (QED) is 0.533. The highest BCUT2D eigenvalue weighted by atomic mass is 14.9. The number of hydrogen-bond donors (Lipinski definition) is 0. The number of nitrogens with zero attached hydrogens (tertiary/aromatic N) is 2. The number of rotatable bonds is 8. The van der Waals surface area contributed by atoms with Gasteiger partial charge in [0.05, 0.1) is 18.1 Å². The van der Waals surface area contributed by atoms with Crippen LogP contribution >= 0.6 is 0 Å². The molecule has 0 saturated carbocycles. The van der Waals surface area contributed by atoms with Gasteiger partial charge in [-0.2, -0.15) is 0 Å². The molecule has 0 aliphatic carbocycles. The average molecular weight is 210 g/mol. The van der Waals surface area contributed by atoms with Crippen molar-refractivity contribution in [2.45, 2.75) is 78.3 Å². The molecule has 0 radical (unpaired) electrons. The van der Waals surface area contributed by atoms with Gasteiger partial charge in [-0.3, -0.25) is 0 Å². The second-order valence-corrected chi connectivity index (χ2v) is 4.06. The number of hydrogen-bond acceptors (Lipinski definition) is 2. The lowest BCUT2D eigenvalue weighted by Gasteiger charge is -2.06. The topological polar surface area (TPSA) is 24.7 Å². The summed E-state index contributed by atoms with van der Waals surface area (Å²) >= 11 is 0. The zero-order valence-electron chi connectivity index (χ0n) is 10.8. The van der Waals surface area contributed by atoms with Gasteiger partial charge in [-0.1, -0.05) is 40.5 Å². The molecule has 0 N–H and O–H groups in total. The zero-order valence-corrected chi connectivity index (χ0v) is 10.8. The van der Waals surface area contributed by atoms with E-state index in [0.717, 1.165) is 25.7 Å². The summed E-state index contributed by atoms with van der Waals surface area (Å²) < 4.78 is 0. The van der Waals surface area contributed by atoms with Crippen LogP contribution in [0.2, 0.25) is 0 Å². The van der Waals surface area contributed by atoms with Crippen LogP contribution in [0.15, 0.2) is 9.98 Å². The highest BCUT2D eigenvalue weighted by molar-refractivity contribution is 5.42. The predicted octanol–water partition coefficient (Wildman–Crippen LogP) is 4.32. The monoisotopic (exact) mass is 210 g/mol. The van der Waals surface area contributed by atoms with Crippen molar-refractivity contribution >= 4 is 6.01 Å². The van der Waals surface area contributed by atoms with E-state index in [4.69, 9.17) is 0 Å². The number of aliphatic imine (C=N–C) groups is 2. The Balaban J connectivity index is 4.13. The minimum Gasteiger partial charge on any atom is -0.222 e. The van der Waals surface area contributed by atoms with Crippen LogP contribution in [0.1, 0.15) is 66.2 Å². The molecule has 0 amide bonds. The van der Waals surface area contributed by atoms with Crippen molar-refractivity contribution in [2.75, 3.05) is 0 Å². The summed E-state index contributed by atoms with van der Waals surface area (Å²) in [4.78, 5) is 8.77. The molecule has 0 spiro atoms. The lowest BCUT2D eigenvalue weighted by molar-refractivity contribution is 0.580. The Kier molecular flexibility index (Phi) is 9.51. The molecule has 0 aromatic carbocycles. The summed E-state index contributed by atoms with van der Waals surface area (Å²) in [7, 11) is 0. The van der Waals surface area contributed by atoms with Crippen molar-refractivity contribution in [3.63, 3.8) is 0 Å². The molecule has 0 aromatic rings. The van der Waals surface area contributed by atoms with Gasteiger partial charge >= 0.3 is 0 Å². The Labute approximate surface area is 94.9 Å². The first-order valence-corrected chi connectivity index (χ1v) is 6.43. The van der Waals surface area contributed by atoms with E-state index in [1.165, 1.54) is 12.8 Å². The van der Waals surface area contributed by atoms with Gasteiger partial charge in [-0.15, -0.1) is 0 Å². The lowest BCUT2D eigenvalue weighted by Crippen LogP contribution is -2.03. The van der Waals surface area contributed by atoms with E-state index in [2.05, 4.69) is 43.7 Å². The van der Waals surface area contributed by atoms with Gasteiger partial charge in [-0.05, 0) is 25.7 Å². The van der Waals surface area contributed by atoms with Crippen LogP contribution in [-0.4, -0.2) is 18.1 Å². The van der Waals surface area contributed by atoms with E-state index >= 15 is 0 Å². The normalized spacial score (nSPS) is 14.1. The molecule has 2 heteroatoms. The van der Waals surface area contributed by atoms with Crippen molar-refractivity contribution in [3.05, 3.63) is 0 Å². The van der Waals surface area contributed by atoms with Crippen molar-refractivity contribution in [1.29, 1.82) is 0 Å². The van der Waals surface area contributed by atoms with Gasteiger partial charge in [-0.25, -0.2) is 9.98 Å². The van der Waals surface area contributed by atoms with Gasteiger partial charge in [0.25, 0.3) is 0 Å². The molecule has 0 aromatic heterocycles. The van der Waals surface area contributed by atoms with Gasteiger partial charge in [0, 0.05) is 0 Å². The van der Waals surface area contributed by atoms with Crippen LogP contribution in [0.25, 0.3) is 0 Å². The molecule has 0 aliphatic heterocycles. The van der Waals surface area contributed by atoms with Crippen LogP contribution in [0.3, 0.4) is 0 Å². The second kappa shape index (κ2) is 9.92. The maximum absolute atomic E-state index is 4.39. The first kappa shape index (κ1) is 14.4. The van der Waals surface area contributed by atoms with Gasteiger partial charge in [0.15, 0.2) is 0 Å². The van der Waals surface area contributed by atoms with Crippen LogP contribution < -0.4 is 0 Å². The fourth-order valence-corrected chi connectivity index (χ4v) is 1.58. The molecule has 15 heavy (non-hydrogen) atoms. The molecule has 0 heterocycles. The SMILES string of the molecule is CCCC(CC)N=C=NC(CC)CCC. The molecule has 0 fully saturated rings. The Hall–Kier alpha value is -0.620. The second-order valence-electron chi connectivity index (χ2n) is 4.06. The molecule has 0 rings (SSSR count). The third-order valence-electron chi connectivity index (χ3n) is 2.67. The molecule has 0 bridgehead atoms. The Morgan fingerprint density at radius 1 is 0.800 bits per heavy atom.